The van der Waals surface area contributed by atoms with Gasteiger partial charge in [0, 0.05) is 31.9 Å². The molecule has 0 saturated carbocycles. The Labute approximate surface area is 164 Å². The summed E-state index contributed by atoms with van der Waals surface area (Å²) in [6, 6.07) is 12.4. The summed E-state index contributed by atoms with van der Waals surface area (Å²) in [5, 5.41) is 9.62. The number of aromatic carboxylic acids is 1. The van der Waals surface area contributed by atoms with E-state index >= 15 is 0 Å². The molecule has 1 saturated heterocycles. The number of carboxylic acid groups (broad SMARTS) is 1. The first-order valence-corrected chi connectivity index (χ1v) is 10.1. The molecule has 2 aromatic rings. The van der Waals surface area contributed by atoms with Crippen molar-refractivity contribution in [1.29, 1.82) is 0 Å². The molecule has 1 aliphatic heterocycles. The monoisotopic (exact) mass is 406 g/mol. The highest BCUT2D eigenvalue weighted by molar-refractivity contribution is 7.89. The van der Waals surface area contributed by atoms with Crippen LogP contribution < -0.4 is 14.4 Å². The molecule has 1 fully saturated rings. The van der Waals surface area contributed by atoms with Gasteiger partial charge in [-0.05, 0) is 24.3 Å². The minimum atomic E-state index is -4.01. The Morgan fingerprint density at radius 3 is 2.14 bits per heavy atom. The van der Waals surface area contributed by atoms with Gasteiger partial charge in [-0.25, -0.2) is 13.2 Å². The lowest BCUT2D eigenvalue weighted by Crippen LogP contribution is -2.48. The van der Waals surface area contributed by atoms with Crippen LogP contribution >= 0.6 is 0 Å². The van der Waals surface area contributed by atoms with Gasteiger partial charge in [-0.2, -0.15) is 4.31 Å². The van der Waals surface area contributed by atoms with Gasteiger partial charge in [0.25, 0.3) is 0 Å². The van der Waals surface area contributed by atoms with Crippen LogP contribution in [-0.2, 0) is 10.0 Å². The summed E-state index contributed by atoms with van der Waals surface area (Å²) in [4.78, 5) is 13.6. The van der Waals surface area contributed by atoms with Crippen molar-refractivity contribution in [2.24, 2.45) is 0 Å². The van der Waals surface area contributed by atoms with E-state index in [-0.39, 0.29) is 29.5 Å². The van der Waals surface area contributed by atoms with Crippen molar-refractivity contribution < 1.29 is 27.8 Å². The fourth-order valence-electron chi connectivity index (χ4n) is 3.29. The molecule has 0 radical (unpaired) electrons. The van der Waals surface area contributed by atoms with Crippen molar-refractivity contribution in [2.75, 3.05) is 45.3 Å². The summed E-state index contributed by atoms with van der Waals surface area (Å²) >= 11 is 0. The Bertz CT molecular complexity index is 954. The molecule has 0 aromatic heterocycles. The molecule has 0 atom stereocenters. The average Bonchev–Trinajstić information content (AvgIpc) is 2.73. The van der Waals surface area contributed by atoms with E-state index in [0.717, 1.165) is 5.69 Å². The van der Waals surface area contributed by atoms with Crippen LogP contribution in [0.4, 0.5) is 5.69 Å². The molecule has 0 amide bonds. The number of hydrogen-bond acceptors (Lipinski definition) is 6. The summed E-state index contributed by atoms with van der Waals surface area (Å²) in [6.07, 6.45) is 0. The minimum absolute atomic E-state index is 0.112. The van der Waals surface area contributed by atoms with Crippen LogP contribution in [0.1, 0.15) is 10.4 Å². The van der Waals surface area contributed by atoms with E-state index < -0.39 is 21.6 Å². The second-order valence-corrected chi connectivity index (χ2v) is 8.11. The maximum absolute atomic E-state index is 13.2. The van der Waals surface area contributed by atoms with Gasteiger partial charge in [0.15, 0.2) is 11.5 Å². The van der Waals surface area contributed by atoms with E-state index in [1.54, 1.807) is 0 Å². The Morgan fingerprint density at radius 2 is 1.61 bits per heavy atom. The van der Waals surface area contributed by atoms with Crippen molar-refractivity contribution in [3.8, 4) is 11.5 Å². The van der Waals surface area contributed by atoms with Crippen molar-refractivity contribution >= 4 is 21.7 Å². The van der Waals surface area contributed by atoms with Gasteiger partial charge >= 0.3 is 5.97 Å². The number of nitrogens with zero attached hydrogens (tertiary/aromatic N) is 2. The number of carbonyl (C=O) groups is 1. The van der Waals surface area contributed by atoms with Gasteiger partial charge in [-0.1, -0.05) is 18.2 Å². The molecule has 8 nitrogen and oxygen atoms in total. The molecule has 9 heteroatoms. The van der Waals surface area contributed by atoms with Gasteiger partial charge < -0.3 is 19.5 Å². The number of anilines is 1. The van der Waals surface area contributed by atoms with Gasteiger partial charge in [0.1, 0.15) is 10.5 Å². The Morgan fingerprint density at radius 1 is 0.964 bits per heavy atom. The van der Waals surface area contributed by atoms with Gasteiger partial charge in [-0.15, -0.1) is 0 Å². The van der Waals surface area contributed by atoms with Crippen LogP contribution in [0.15, 0.2) is 47.4 Å². The quantitative estimate of drug-likeness (QED) is 0.783. The number of methoxy groups -OCH3 is 2. The van der Waals surface area contributed by atoms with E-state index in [2.05, 4.69) is 4.90 Å². The molecule has 28 heavy (non-hydrogen) atoms. The smallest absolute Gasteiger partial charge is 0.341 e. The Balaban J connectivity index is 1.91. The Kier molecular flexibility index (Phi) is 5.76. The SMILES string of the molecule is COc1ccc(S(=O)(=O)N2CCN(c3ccccc3)CC2)c(C(=O)O)c1OC. The number of piperazine rings is 1. The van der Waals surface area contributed by atoms with Crippen LogP contribution in [-0.4, -0.2) is 64.2 Å². The number of benzene rings is 2. The number of hydrogen-bond donors (Lipinski definition) is 1. The number of ether oxygens (including phenoxy) is 2. The normalized spacial score (nSPS) is 15.3. The highest BCUT2D eigenvalue weighted by atomic mass is 32.2. The Hall–Kier alpha value is -2.78. The lowest BCUT2D eigenvalue weighted by atomic mass is 10.2. The molecule has 0 bridgehead atoms. The molecular formula is C19H22N2O6S. The third-order valence-electron chi connectivity index (χ3n) is 4.70. The molecular weight excluding hydrogens is 384 g/mol. The van der Waals surface area contributed by atoms with Crippen molar-refractivity contribution in [3.63, 3.8) is 0 Å². The van der Waals surface area contributed by atoms with E-state index in [4.69, 9.17) is 9.47 Å². The second kappa shape index (κ2) is 8.07. The number of para-hydroxylation sites is 1. The summed E-state index contributed by atoms with van der Waals surface area (Å²) < 4.78 is 37.9. The van der Waals surface area contributed by atoms with E-state index in [0.29, 0.717) is 13.1 Å². The maximum Gasteiger partial charge on any atom is 0.341 e. The zero-order valence-corrected chi connectivity index (χ0v) is 16.5. The van der Waals surface area contributed by atoms with Gasteiger partial charge in [0.05, 0.1) is 14.2 Å². The van der Waals surface area contributed by atoms with Gasteiger partial charge in [-0.3, -0.25) is 0 Å². The van der Waals surface area contributed by atoms with E-state index in [9.17, 15) is 18.3 Å². The van der Waals surface area contributed by atoms with Crippen LogP contribution in [0.2, 0.25) is 0 Å². The fourth-order valence-corrected chi connectivity index (χ4v) is 4.89. The lowest BCUT2D eigenvalue weighted by Gasteiger charge is -2.35. The zero-order valence-electron chi connectivity index (χ0n) is 15.7. The predicted octanol–water partition coefficient (Wildman–Crippen LogP) is 1.91. The summed E-state index contributed by atoms with van der Waals surface area (Å²) in [5.41, 5.74) is 0.601. The zero-order chi connectivity index (χ0) is 20.3. The lowest BCUT2D eigenvalue weighted by molar-refractivity contribution is 0.0687. The first kappa shape index (κ1) is 20.0. The topological polar surface area (TPSA) is 96.4 Å². The van der Waals surface area contributed by atoms with Crippen LogP contribution in [0.5, 0.6) is 11.5 Å². The summed E-state index contributed by atoms with van der Waals surface area (Å²) in [5.74, 6) is -1.34. The number of carboxylic acids is 1. The van der Waals surface area contributed by atoms with Crippen molar-refractivity contribution in [2.45, 2.75) is 4.90 Å². The fraction of sp³-hybridized carbons (Fsp3) is 0.316. The van der Waals surface area contributed by atoms with Gasteiger partial charge in [0.2, 0.25) is 10.0 Å². The third kappa shape index (κ3) is 3.63. The molecule has 0 unspecified atom stereocenters. The standard InChI is InChI=1S/C19H22N2O6S/c1-26-15-8-9-16(17(19(22)23)18(15)27-2)28(24,25)21-12-10-20(11-13-21)14-6-4-3-5-7-14/h3-9H,10-13H2,1-2H3,(H,22,23). The molecule has 150 valence electrons. The average molecular weight is 406 g/mol. The summed E-state index contributed by atoms with van der Waals surface area (Å²) in [6.45, 7) is 1.53. The molecule has 1 aliphatic rings. The number of rotatable bonds is 6. The molecule has 0 aliphatic carbocycles. The summed E-state index contributed by atoms with van der Waals surface area (Å²) in [7, 11) is -1.37. The first-order chi connectivity index (χ1) is 13.4. The van der Waals surface area contributed by atoms with E-state index in [1.165, 1.54) is 30.7 Å². The highest BCUT2D eigenvalue weighted by Crippen LogP contribution is 2.36. The van der Waals surface area contributed by atoms with Crippen LogP contribution in [0.25, 0.3) is 0 Å². The highest BCUT2D eigenvalue weighted by Gasteiger charge is 2.34. The van der Waals surface area contributed by atoms with E-state index in [1.807, 2.05) is 30.3 Å². The van der Waals surface area contributed by atoms with Crippen LogP contribution in [0, 0.1) is 0 Å². The first-order valence-electron chi connectivity index (χ1n) is 8.68. The minimum Gasteiger partial charge on any atom is -0.493 e. The molecule has 1 N–H and O–H groups in total. The second-order valence-electron chi connectivity index (χ2n) is 6.21. The maximum atomic E-state index is 13.2. The predicted molar refractivity (Wildman–Crippen MR) is 104 cm³/mol. The van der Waals surface area contributed by atoms with Crippen molar-refractivity contribution in [3.05, 3.63) is 48.0 Å². The third-order valence-corrected chi connectivity index (χ3v) is 6.64. The molecule has 0 spiro atoms. The number of sulfonamides is 1. The van der Waals surface area contributed by atoms with Crippen molar-refractivity contribution in [1.82, 2.24) is 4.31 Å². The molecule has 3 rings (SSSR count). The van der Waals surface area contributed by atoms with Crippen LogP contribution in [0.3, 0.4) is 0 Å². The molecule has 1 heterocycles. The molecule has 2 aromatic carbocycles. The largest absolute Gasteiger partial charge is 0.493 e.